The van der Waals surface area contributed by atoms with Gasteiger partial charge in [-0.2, -0.15) is 0 Å². The number of hydrogen-bond donors (Lipinski definition) is 1. The summed E-state index contributed by atoms with van der Waals surface area (Å²) in [4.78, 5) is 17.7. The van der Waals surface area contributed by atoms with E-state index < -0.39 is 5.60 Å². The third kappa shape index (κ3) is 2.70. The van der Waals surface area contributed by atoms with E-state index in [9.17, 15) is 9.90 Å². The van der Waals surface area contributed by atoms with Crippen molar-refractivity contribution in [1.82, 2.24) is 4.98 Å². The number of carbonyl (C=O) groups excluding carboxylic acids is 1. The van der Waals surface area contributed by atoms with E-state index in [1.165, 1.54) is 0 Å². The molecular weight excluding hydrogens is 228 g/mol. The molecule has 0 unspecified atom stereocenters. The third-order valence-electron chi connectivity index (χ3n) is 3.59. The number of aromatic nitrogens is 1. The molecule has 1 aliphatic rings. The topological polar surface area (TPSA) is 53.4 Å². The van der Waals surface area contributed by atoms with Crippen molar-refractivity contribution in [3.63, 3.8) is 0 Å². The summed E-state index contributed by atoms with van der Waals surface area (Å²) in [6.45, 7) is 2.07. The van der Waals surface area contributed by atoms with Crippen molar-refractivity contribution in [2.24, 2.45) is 0 Å². The molecule has 0 amide bonds. The Morgan fingerprint density at radius 1 is 1.50 bits per heavy atom. The lowest BCUT2D eigenvalue weighted by molar-refractivity contribution is 0.0557. The fraction of sp³-hybridized carbons (Fsp3) is 0.571. The Labute approximate surface area is 108 Å². The van der Waals surface area contributed by atoms with Gasteiger partial charge >= 0.3 is 0 Å². The quantitative estimate of drug-likeness (QED) is 0.828. The van der Waals surface area contributed by atoms with Crippen LogP contribution in [0.25, 0.3) is 0 Å². The van der Waals surface area contributed by atoms with Gasteiger partial charge in [0.15, 0.2) is 5.78 Å². The van der Waals surface area contributed by atoms with Gasteiger partial charge in [-0.15, -0.1) is 0 Å². The van der Waals surface area contributed by atoms with Crippen LogP contribution in [0.4, 0.5) is 5.82 Å². The van der Waals surface area contributed by atoms with Crippen LogP contribution in [0.3, 0.4) is 0 Å². The second-order valence-corrected chi connectivity index (χ2v) is 5.22. The molecule has 1 aromatic rings. The van der Waals surface area contributed by atoms with Crippen molar-refractivity contribution in [3.8, 4) is 0 Å². The molecule has 18 heavy (non-hydrogen) atoms. The van der Waals surface area contributed by atoms with Crippen molar-refractivity contribution >= 4 is 11.6 Å². The number of pyridine rings is 1. The number of carbonyl (C=O) groups is 1. The maximum Gasteiger partial charge on any atom is 0.163 e. The Morgan fingerprint density at radius 2 is 2.17 bits per heavy atom. The van der Waals surface area contributed by atoms with Crippen molar-refractivity contribution in [2.45, 2.75) is 38.2 Å². The Hall–Kier alpha value is -1.42. The zero-order valence-electron chi connectivity index (χ0n) is 11.0. The van der Waals surface area contributed by atoms with E-state index >= 15 is 0 Å². The maximum absolute atomic E-state index is 11.6. The summed E-state index contributed by atoms with van der Waals surface area (Å²) in [6, 6.07) is 3.54. The molecule has 0 aliphatic heterocycles. The summed E-state index contributed by atoms with van der Waals surface area (Å²) in [5.74, 6) is 0.661. The summed E-state index contributed by atoms with van der Waals surface area (Å²) in [5.41, 5.74) is -0.0121. The Balaban J connectivity index is 2.18. The van der Waals surface area contributed by atoms with Crippen LogP contribution in [0.15, 0.2) is 18.3 Å². The molecule has 0 radical (unpaired) electrons. The lowest BCUT2D eigenvalue weighted by Gasteiger charge is -2.30. The van der Waals surface area contributed by atoms with E-state index in [-0.39, 0.29) is 5.78 Å². The predicted molar refractivity (Wildman–Crippen MR) is 70.9 cm³/mol. The SMILES string of the molecule is CC(=O)c1cccnc1N(C)CC1(O)CCCC1. The monoisotopic (exact) mass is 248 g/mol. The van der Waals surface area contributed by atoms with Crippen LogP contribution < -0.4 is 4.90 Å². The molecule has 1 aliphatic carbocycles. The summed E-state index contributed by atoms with van der Waals surface area (Å²) in [6.07, 6.45) is 5.49. The highest BCUT2D eigenvalue weighted by Gasteiger charge is 2.33. The van der Waals surface area contributed by atoms with Gasteiger partial charge in [0.2, 0.25) is 0 Å². The van der Waals surface area contributed by atoms with E-state index in [0.29, 0.717) is 17.9 Å². The normalized spacial score (nSPS) is 17.7. The molecule has 0 spiro atoms. The molecule has 1 aromatic heterocycles. The van der Waals surface area contributed by atoms with Gasteiger partial charge in [0.05, 0.1) is 11.2 Å². The van der Waals surface area contributed by atoms with Gasteiger partial charge in [-0.1, -0.05) is 12.8 Å². The number of nitrogens with zero attached hydrogens (tertiary/aromatic N) is 2. The maximum atomic E-state index is 11.6. The number of Topliss-reactive ketones (excluding diaryl/α,β-unsaturated/α-hetero) is 1. The molecule has 98 valence electrons. The van der Waals surface area contributed by atoms with E-state index in [1.54, 1.807) is 25.3 Å². The Morgan fingerprint density at radius 3 is 2.78 bits per heavy atom. The molecular formula is C14H20N2O2. The largest absolute Gasteiger partial charge is 0.388 e. The smallest absolute Gasteiger partial charge is 0.163 e. The zero-order chi connectivity index (χ0) is 13.2. The van der Waals surface area contributed by atoms with Crippen LogP contribution in [0.5, 0.6) is 0 Å². The van der Waals surface area contributed by atoms with Gasteiger partial charge in [-0.3, -0.25) is 4.79 Å². The van der Waals surface area contributed by atoms with Crippen LogP contribution in [0.1, 0.15) is 43.0 Å². The summed E-state index contributed by atoms with van der Waals surface area (Å²) >= 11 is 0. The molecule has 2 rings (SSSR count). The molecule has 0 aromatic carbocycles. The fourth-order valence-corrected chi connectivity index (χ4v) is 2.68. The number of likely N-dealkylation sites (N-methyl/N-ethyl adjacent to an activating group) is 1. The standard InChI is InChI=1S/C14H20N2O2/c1-11(17)12-6-5-9-15-13(12)16(2)10-14(18)7-3-4-8-14/h5-6,9,18H,3-4,7-8,10H2,1-2H3. The van der Waals surface area contributed by atoms with Crippen LogP contribution >= 0.6 is 0 Å². The lowest BCUT2D eigenvalue weighted by atomic mass is 10.0. The van der Waals surface area contributed by atoms with Crippen LogP contribution in [-0.4, -0.2) is 35.1 Å². The Kier molecular flexibility index (Phi) is 3.66. The number of ketones is 1. The number of hydrogen-bond acceptors (Lipinski definition) is 4. The second kappa shape index (κ2) is 5.06. The van der Waals surface area contributed by atoms with Crippen molar-refractivity contribution in [2.75, 3.05) is 18.5 Å². The average molecular weight is 248 g/mol. The zero-order valence-corrected chi connectivity index (χ0v) is 11.0. The van der Waals surface area contributed by atoms with E-state index in [1.807, 2.05) is 11.9 Å². The summed E-state index contributed by atoms with van der Waals surface area (Å²) in [5, 5.41) is 10.4. The van der Waals surface area contributed by atoms with E-state index in [4.69, 9.17) is 0 Å². The van der Waals surface area contributed by atoms with Crippen LogP contribution in [0.2, 0.25) is 0 Å². The fourth-order valence-electron chi connectivity index (χ4n) is 2.68. The van der Waals surface area contributed by atoms with Gasteiger partial charge < -0.3 is 10.0 Å². The van der Waals surface area contributed by atoms with Gasteiger partial charge in [0.25, 0.3) is 0 Å². The van der Waals surface area contributed by atoms with E-state index in [0.717, 1.165) is 25.7 Å². The minimum atomic E-state index is -0.625. The molecule has 1 saturated carbocycles. The first kappa shape index (κ1) is 13.0. The molecule has 1 fully saturated rings. The highest BCUT2D eigenvalue weighted by atomic mass is 16.3. The average Bonchev–Trinajstić information content (AvgIpc) is 2.75. The predicted octanol–water partition coefficient (Wildman–Crippen LogP) is 2.03. The second-order valence-electron chi connectivity index (χ2n) is 5.22. The van der Waals surface area contributed by atoms with Crippen molar-refractivity contribution in [1.29, 1.82) is 0 Å². The first-order chi connectivity index (χ1) is 8.52. The van der Waals surface area contributed by atoms with Crippen LogP contribution in [-0.2, 0) is 0 Å². The molecule has 0 saturated heterocycles. The highest BCUT2D eigenvalue weighted by molar-refractivity contribution is 5.98. The van der Waals surface area contributed by atoms with Gasteiger partial charge in [-0.05, 0) is 31.9 Å². The van der Waals surface area contributed by atoms with Gasteiger partial charge in [-0.25, -0.2) is 4.98 Å². The summed E-state index contributed by atoms with van der Waals surface area (Å²) < 4.78 is 0. The number of rotatable bonds is 4. The molecule has 0 bridgehead atoms. The van der Waals surface area contributed by atoms with E-state index in [2.05, 4.69) is 4.98 Å². The van der Waals surface area contributed by atoms with Crippen molar-refractivity contribution < 1.29 is 9.90 Å². The Bertz CT molecular complexity index is 439. The molecule has 4 heteroatoms. The molecule has 1 heterocycles. The first-order valence-electron chi connectivity index (χ1n) is 6.41. The lowest BCUT2D eigenvalue weighted by Crippen LogP contribution is -2.40. The molecule has 1 N–H and O–H groups in total. The molecule has 4 nitrogen and oxygen atoms in total. The minimum Gasteiger partial charge on any atom is -0.388 e. The van der Waals surface area contributed by atoms with Crippen LogP contribution in [0, 0.1) is 0 Å². The third-order valence-corrected chi connectivity index (χ3v) is 3.59. The molecule has 0 atom stereocenters. The minimum absolute atomic E-state index is 0.00311. The summed E-state index contributed by atoms with van der Waals surface area (Å²) in [7, 11) is 1.88. The number of anilines is 1. The van der Waals surface area contributed by atoms with Gasteiger partial charge in [0.1, 0.15) is 5.82 Å². The number of aliphatic hydroxyl groups is 1. The van der Waals surface area contributed by atoms with Gasteiger partial charge in [0, 0.05) is 19.8 Å². The first-order valence-corrected chi connectivity index (χ1v) is 6.41. The van der Waals surface area contributed by atoms with Crippen molar-refractivity contribution in [3.05, 3.63) is 23.9 Å². The highest BCUT2D eigenvalue weighted by Crippen LogP contribution is 2.31.